The van der Waals surface area contributed by atoms with Crippen LogP contribution in [0.3, 0.4) is 0 Å². The van der Waals surface area contributed by atoms with Gasteiger partial charge in [-0.05, 0) is 99.5 Å². The second-order valence-electron chi connectivity index (χ2n) is 14.7. The molecule has 0 atom stereocenters. The average Bonchev–Trinajstić information content (AvgIpc) is 3.28. The molecule has 300 valence electrons. The number of hydrogen-bond donors (Lipinski definition) is 0. The van der Waals surface area contributed by atoms with Gasteiger partial charge in [0.25, 0.3) is 0 Å². The summed E-state index contributed by atoms with van der Waals surface area (Å²) in [6.45, 7) is 4.29. The van der Waals surface area contributed by atoms with E-state index >= 15 is 0 Å². The van der Waals surface area contributed by atoms with E-state index in [0.717, 1.165) is 80.4 Å². The van der Waals surface area contributed by atoms with Crippen molar-refractivity contribution in [3.05, 3.63) is 193 Å². The molecule has 6 aromatic rings. The molecule has 0 bridgehead atoms. The first-order chi connectivity index (χ1) is 29.0. The third-order valence-corrected chi connectivity index (χ3v) is 12.3. The number of para-hydroxylation sites is 4. The van der Waals surface area contributed by atoms with Gasteiger partial charge in [-0.15, -0.1) is 0 Å². The Kier molecular flexibility index (Phi) is 14.6. The fourth-order valence-corrected chi connectivity index (χ4v) is 9.01. The maximum Gasteiger partial charge on any atom is 0.174 e. The van der Waals surface area contributed by atoms with E-state index in [1.165, 1.54) is 30.4 Å². The van der Waals surface area contributed by atoms with Gasteiger partial charge >= 0.3 is 0 Å². The molecule has 8 heteroatoms. The highest BCUT2D eigenvalue weighted by molar-refractivity contribution is 8.14. The Morgan fingerprint density at radius 1 is 0.407 bits per heavy atom. The van der Waals surface area contributed by atoms with Crippen LogP contribution < -0.4 is 19.6 Å². The molecule has 6 aromatic carbocycles. The Labute approximate surface area is 360 Å². The molecule has 1 aliphatic rings. The van der Waals surface area contributed by atoms with Crippen molar-refractivity contribution in [3.8, 4) is 0 Å². The van der Waals surface area contributed by atoms with Crippen LogP contribution in [0, 0.1) is 13.8 Å². The van der Waals surface area contributed by atoms with Crippen LogP contribution in [0.5, 0.6) is 0 Å². The zero-order valence-corrected chi connectivity index (χ0v) is 36.2. The van der Waals surface area contributed by atoms with Crippen molar-refractivity contribution in [1.82, 2.24) is 0 Å². The summed E-state index contributed by atoms with van der Waals surface area (Å²) in [5, 5.41) is 1.79. The van der Waals surface area contributed by atoms with Gasteiger partial charge in [-0.2, -0.15) is 0 Å². The van der Waals surface area contributed by atoms with Crippen molar-refractivity contribution in [1.29, 1.82) is 0 Å². The Morgan fingerprint density at radius 2 is 0.729 bits per heavy atom. The van der Waals surface area contributed by atoms with Crippen molar-refractivity contribution in [2.45, 2.75) is 46.0 Å². The van der Waals surface area contributed by atoms with E-state index in [0.29, 0.717) is 0 Å². The van der Waals surface area contributed by atoms with Crippen LogP contribution in [-0.2, 0) is 0 Å². The van der Waals surface area contributed by atoms with Gasteiger partial charge in [-0.3, -0.25) is 9.80 Å². The molecule has 0 aromatic heterocycles. The molecular weight excluding hydrogens is 761 g/mol. The van der Waals surface area contributed by atoms with Crippen LogP contribution in [0.4, 0.5) is 34.1 Å². The van der Waals surface area contributed by atoms with Crippen molar-refractivity contribution >= 4 is 68.0 Å². The van der Waals surface area contributed by atoms with Gasteiger partial charge in [-0.25, -0.2) is 9.98 Å². The first-order valence-electron chi connectivity index (χ1n) is 20.5. The Hall–Kier alpha value is -5.70. The minimum Gasteiger partial charge on any atom is -0.327 e. The minimum atomic E-state index is 0.893. The van der Waals surface area contributed by atoms with Crippen molar-refractivity contribution in [3.63, 3.8) is 0 Å². The van der Waals surface area contributed by atoms with Gasteiger partial charge in [0.05, 0.1) is 11.4 Å². The second-order valence-corrected chi connectivity index (χ2v) is 16.8. The summed E-state index contributed by atoms with van der Waals surface area (Å²) >= 11 is 3.65. The Balaban J connectivity index is 1.66. The number of anilines is 4. The highest BCUT2D eigenvalue weighted by atomic mass is 32.2. The van der Waals surface area contributed by atoms with Crippen LogP contribution in [0.1, 0.15) is 43.2 Å². The molecule has 1 aliphatic heterocycles. The third-order valence-electron chi connectivity index (χ3n) is 10.2. The Bertz CT molecular complexity index is 2130. The normalized spacial score (nSPS) is 17.4. The molecule has 1 heterocycles. The molecule has 0 fully saturated rings. The molecule has 7 rings (SSSR count). The first kappa shape index (κ1) is 41.5. The number of aliphatic imine (C=N–C) groups is 2. The summed E-state index contributed by atoms with van der Waals surface area (Å²) in [5.74, 6) is 3.73. The second kappa shape index (κ2) is 20.8. The SMILES string of the molecule is Cc1ccc(N2C(=Nc3ccccc3)SCCCCCCCSC(=Nc3ccccc3)N(c3ccc(C)cc3)/C(N(C)c3ccccc3)=C\2N(C)c2ccccc2)cc1. The lowest BCUT2D eigenvalue weighted by Crippen LogP contribution is -2.46. The lowest BCUT2D eigenvalue weighted by atomic mass is 10.2. The van der Waals surface area contributed by atoms with E-state index in [-0.39, 0.29) is 0 Å². The molecule has 0 spiro atoms. The molecule has 6 nitrogen and oxygen atoms in total. The number of benzene rings is 6. The largest absolute Gasteiger partial charge is 0.327 e. The molecule has 0 N–H and O–H groups in total. The number of hydrogen-bond acceptors (Lipinski definition) is 6. The molecule has 0 saturated heterocycles. The number of nitrogens with zero attached hydrogens (tertiary/aromatic N) is 6. The fraction of sp³-hybridized carbons (Fsp3) is 0.216. The van der Waals surface area contributed by atoms with Gasteiger partial charge in [-0.1, -0.05) is 151 Å². The first-order valence-corrected chi connectivity index (χ1v) is 22.5. The number of amidine groups is 2. The minimum absolute atomic E-state index is 0.893. The van der Waals surface area contributed by atoms with E-state index in [1.54, 1.807) is 0 Å². The van der Waals surface area contributed by atoms with Gasteiger partial charge in [0.1, 0.15) is 0 Å². The lowest BCUT2D eigenvalue weighted by molar-refractivity contribution is 0.663. The van der Waals surface area contributed by atoms with E-state index in [9.17, 15) is 0 Å². The Morgan fingerprint density at radius 3 is 1.08 bits per heavy atom. The predicted molar refractivity (Wildman–Crippen MR) is 259 cm³/mol. The van der Waals surface area contributed by atoms with Gasteiger partial charge in [0.15, 0.2) is 22.0 Å². The molecule has 0 unspecified atom stereocenters. The number of rotatable bonds is 8. The average molecular weight is 815 g/mol. The monoisotopic (exact) mass is 814 g/mol. The summed E-state index contributed by atoms with van der Waals surface area (Å²) in [6, 6.07) is 59.8. The standard InChI is InChI=1S/C51H54N6S2/c1-40-30-34-46(35-31-40)56-48(54(3)44-26-16-10-17-27-44)49(55(4)45-28-18-11-19-29-45)57(47-36-32-41(2)33-37-47)51(53-43-24-14-9-15-25-43)59-39-21-7-5-6-20-38-58-50(56)52-42-22-12-8-13-23-42/h8-19,22-37H,5-7,20-21,38-39H2,1-4H3/b49-48-,52-50?,53-51?. The molecule has 0 radical (unpaired) electrons. The van der Waals surface area contributed by atoms with Crippen LogP contribution in [0.25, 0.3) is 0 Å². The van der Waals surface area contributed by atoms with Crippen LogP contribution >= 0.6 is 23.5 Å². The van der Waals surface area contributed by atoms with Crippen LogP contribution in [0.15, 0.2) is 191 Å². The summed E-state index contributed by atoms with van der Waals surface area (Å²) in [7, 11) is 4.36. The molecule has 0 saturated carbocycles. The van der Waals surface area contributed by atoms with E-state index in [1.807, 2.05) is 23.5 Å². The predicted octanol–water partition coefficient (Wildman–Crippen LogP) is 13.8. The van der Waals surface area contributed by atoms with Crippen LogP contribution in [0.2, 0.25) is 0 Å². The van der Waals surface area contributed by atoms with E-state index in [4.69, 9.17) is 9.98 Å². The molecular formula is C51H54N6S2. The highest BCUT2D eigenvalue weighted by Gasteiger charge is 2.35. The van der Waals surface area contributed by atoms with E-state index in [2.05, 4.69) is 217 Å². The maximum atomic E-state index is 5.55. The lowest BCUT2D eigenvalue weighted by Gasteiger charge is -2.42. The number of thioether (sulfide) groups is 2. The fourth-order valence-electron chi connectivity index (χ4n) is 6.96. The van der Waals surface area contributed by atoms with Gasteiger partial charge in [0.2, 0.25) is 0 Å². The summed E-state index contributed by atoms with van der Waals surface area (Å²) in [5.41, 5.74) is 8.30. The van der Waals surface area contributed by atoms with Crippen molar-refractivity contribution in [2.24, 2.45) is 9.98 Å². The molecule has 0 amide bonds. The molecule has 59 heavy (non-hydrogen) atoms. The summed E-state index contributed by atoms with van der Waals surface area (Å²) in [4.78, 5) is 20.5. The van der Waals surface area contributed by atoms with Gasteiger partial charge in [0, 0.05) is 48.4 Å². The van der Waals surface area contributed by atoms with E-state index < -0.39 is 0 Å². The van der Waals surface area contributed by atoms with Crippen molar-refractivity contribution < 1.29 is 0 Å². The smallest absolute Gasteiger partial charge is 0.174 e. The topological polar surface area (TPSA) is 37.7 Å². The number of aryl methyl sites for hydroxylation is 2. The molecule has 0 aliphatic carbocycles. The highest BCUT2D eigenvalue weighted by Crippen LogP contribution is 2.39. The quantitative estimate of drug-likeness (QED) is 0.152. The van der Waals surface area contributed by atoms with Crippen LogP contribution in [-0.4, -0.2) is 35.9 Å². The van der Waals surface area contributed by atoms with Gasteiger partial charge < -0.3 is 9.80 Å². The summed E-state index contributed by atoms with van der Waals surface area (Å²) in [6.07, 6.45) is 5.76. The van der Waals surface area contributed by atoms with Crippen molar-refractivity contribution in [2.75, 3.05) is 45.2 Å². The zero-order chi connectivity index (χ0) is 40.8. The maximum absolute atomic E-state index is 5.55. The summed E-state index contributed by atoms with van der Waals surface area (Å²) < 4.78 is 0. The third kappa shape index (κ3) is 10.9. The zero-order valence-electron chi connectivity index (χ0n) is 34.6.